The fourth-order valence-corrected chi connectivity index (χ4v) is 2.23. The number of halogens is 1. The van der Waals surface area contributed by atoms with E-state index in [0.717, 1.165) is 5.56 Å². The molecule has 0 aromatic heterocycles. The van der Waals surface area contributed by atoms with Gasteiger partial charge in [0.05, 0.1) is 25.3 Å². The Kier molecular flexibility index (Phi) is 5.55. The van der Waals surface area contributed by atoms with E-state index in [9.17, 15) is 9.59 Å². The molecule has 0 N–H and O–H groups in total. The lowest BCUT2D eigenvalue weighted by Crippen LogP contribution is -2.08. The monoisotopic (exact) mass is 330 g/mol. The zero-order valence-electron chi connectivity index (χ0n) is 12.7. The van der Waals surface area contributed by atoms with Crippen molar-refractivity contribution in [1.29, 1.82) is 0 Å². The Labute approximate surface area is 139 Å². The standard InChI is InChI=1S/C18H15ClO4/c1-22-17(20)14-9-8-13(16(11-14)18(21)23-2)7-6-12-4-3-5-15(19)10-12/h3-11H,1-2H3/b7-6+. The molecule has 23 heavy (non-hydrogen) atoms. The lowest BCUT2D eigenvalue weighted by atomic mass is 10.0. The van der Waals surface area contributed by atoms with Crippen LogP contribution in [-0.4, -0.2) is 26.2 Å². The lowest BCUT2D eigenvalue weighted by molar-refractivity contribution is 0.0599. The zero-order valence-corrected chi connectivity index (χ0v) is 13.5. The number of rotatable bonds is 4. The van der Waals surface area contributed by atoms with E-state index in [2.05, 4.69) is 4.74 Å². The first-order chi connectivity index (χ1) is 11.0. The van der Waals surface area contributed by atoms with Crippen molar-refractivity contribution in [3.8, 4) is 0 Å². The third kappa shape index (κ3) is 4.20. The molecule has 0 radical (unpaired) electrons. The summed E-state index contributed by atoms with van der Waals surface area (Å²) in [6.07, 6.45) is 3.59. The normalized spacial score (nSPS) is 10.6. The van der Waals surface area contributed by atoms with E-state index in [1.54, 1.807) is 30.3 Å². The molecule has 0 aliphatic heterocycles. The van der Waals surface area contributed by atoms with Crippen molar-refractivity contribution in [3.63, 3.8) is 0 Å². The largest absolute Gasteiger partial charge is 0.465 e. The van der Waals surface area contributed by atoms with Gasteiger partial charge in [-0.15, -0.1) is 0 Å². The van der Waals surface area contributed by atoms with Crippen molar-refractivity contribution >= 4 is 35.7 Å². The minimum absolute atomic E-state index is 0.285. The summed E-state index contributed by atoms with van der Waals surface area (Å²) in [5.41, 5.74) is 2.09. The zero-order chi connectivity index (χ0) is 16.8. The van der Waals surface area contributed by atoms with Gasteiger partial charge in [-0.05, 0) is 35.4 Å². The average Bonchev–Trinajstić information content (AvgIpc) is 2.58. The highest BCUT2D eigenvalue weighted by Crippen LogP contribution is 2.19. The fourth-order valence-electron chi connectivity index (χ4n) is 2.03. The first-order valence-corrected chi connectivity index (χ1v) is 7.17. The lowest BCUT2D eigenvalue weighted by Gasteiger charge is -2.07. The second-order valence-electron chi connectivity index (χ2n) is 4.67. The van der Waals surface area contributed by atoms with Crippen LogP contribution in [0.1, 0.15) is 31.8 Å². The number of hydrogen-bond donors (Lipinski definition) is 0. The number of benzene rings is 2. The number of methoxy groups -OCH3 is 2. The summed E-state index contributed by atoms with van der Waals surface area (Å²) in [5, 5.41) is 0.626. The maximum Gasteiger partial charge on any atom is 0.338 e. The van der Waals surface area contributed by atoms with Crippen LogP contribution in [0.5, 0.6) is 0 Å². The molecule has 0 heterocycles. The van der Waals surface area contributed by atoms with Crippen molar-refractivity contribution in [1.82, 2.24) is 0 Å². The van der Waals surface area contributed by atoms with Crippen LogP contribution in [0.15, 0.2) is 42.5 Å². The van der Waals surface area contributed by atoms with E-state index in [-0.39, 0.29) is 11.1 Å². The Morgan fingerprint density at radius 2 is 1.70 bits per heavy atom. The molecule has 0 atom stereocenters. The van der Waals surface area contributed by atoms with Gasteiger partial charge >= 0.3 is 11.9 Å². The van der Waals surface area contributed by atoms with Gasteiger partial charge in [-0.3, -0.25) is 0 Å². The van der Waals surface area contributed by atoms with Crippen LogP contribution < -0.4 is 0 Å². The van der Waals surface area contributed by atoms with Crippen LogP contribution >= 0.6 is 11.6 Å². The molecule has 5 heteroatoms. The van der Waals surface area contributed by atoms with Gasteiger partial charge in [-0.25, -0.2) is 9.59 Å². The van der Waals surface area contributed by atoms with E-state index in [4.69, 9.17) is 16.3 Å². The molecule has 4 nitrogen and oxygen atoms in total. The second kappa shape index (κ2) is 7.61. The van der Waals surface area contributed by atoms with E-state index < -0.39 is 11.9 Å². The summed E-state index contributed by atoms with van der Waals surface area (Å²) < 4.78 is 9.43. The van der Waals surface area contributed by atoms with Crippen molar-refractivity contribution in [3.05, 3.63) is 69.7 Å². The summed E-state index contributed by atoms with van der Waals surface area (Å²) in [6, 6.07) is 12.0. The summed E-state index contributed by atoms with van der Waals surface area (Å²) in [7, 11) is 2.57. The predicted octanol–water partition coefficient (Wildman–Crippen LogP) is 4.08. The van der Waals surface area contributed by atoms with Gasteiger partial charge in [0, 0.05) is 5.02 Å². The Morgan fingerprint density at radius 3 is 2.35 bits per heavy atom. The molecule has 0 fully saturated rings. The highest BCUT2D eigenvalue weighted by Gasteiger charge is 2.14. The topological polar surface area (TPSA) is 52.6 Å². The quantitative estimate of drug-likeness (QED) is 0.626. The van der Waals surface area contributed by atoms with Crippen LogP contribution in [0.2, 0.25) is 5.02 Å². The summed E-state index contributed by atoms with van der Waals surface area (Å²) in [6.45, 7) is 0. The highest BCUT2D eigenvalue weighted by molar-refractivity contribution is 6.30. The number of carbonyl (C=O) groups is 2. The number of ether oxygens (including phenoxy) is 2. The molecule has 0 amide bonds. The number of esters is 2. The van der Waals surface area contributed by atoms with Crippen molar-refractivity contribution < 1.29 is 19.1 Å². The first kappa shape index (κ1) is 16.8. The van der Waals surface area contributed by atoms with Gasteiger partial charge in [0.15, 0.2) is 0 Å². The second-order valence-corrected chi connectivity index (χ2v) is 5.11. The van der Waals surface area contributed by atoms with Gasteiger partial charge < -0.3 is 9.47 Å². The van der Waals surface area contributed by atoms with E-state index in [1.165, 1.54) is 20.3 Å². The summed E-state index contributed by atoms with van der Waals surface area (Å²) in [4.78, 5) is 23.5. The molecular weight excluding hydrogens is 316 g/mol. The first-order valence-electron chi connectivity index (χ1n) is 6.79. The van der Waals surface area contributed by atoms with Crippen LogP contribution in [0.3, 0.4) is 0 Å². The molecule has 0 bridgehead atoms. The molecule has 2 rings (SSSR count). The maximum absolute atomic E-state index is 11.9. The van der Waals surface area contributed by atoms with Gasteiger partial charge in [-0.1, -0.05) is 42.0 Å². The Balaban J connectivity index is 2.41. The molecule has 0 saturated carbocycles. The van der Waals surface area contributed by atoms with Gasteiger partial charge in [0.2, 0.25) is 0 Å². The SMILES string of the molecule is COC(=O)c1ccc(/C=C/c2cccc(Cl)c2)c(C(=O)OC)c1. The summed E-state index contributed by atoms with van der Waals surface area (Å²) in [5.74, 6) is -1.04. The minimum Gasteiger partial charge on any atom is -0.465 e. The average molecular weight is 331 g/mol. The van der Waals surface area contributed by atoms with Gasteiger partial charge in [-0.2, -0.15) is 0 Å². The Bertz CT molecular complexity index is 765. The van der Waals surface area contributed by atoms with Crippen LogP contribution in [-0.2, 0) is 9.47 Å². The highest BCUT2D eigenvalue weighted by atomic mass is 35.5. The molecule has 0 spiro atoms. The van der Waals surface area contributed by atoms with Gasteiger partial charge in [0.1, 0.15) is 0 Å². The minimum atomic E-state index is -0.526. The molecule has 118 valence electrons. The molecule has 0 saturated heterocycles. The molecule has 2 aromatic rings. The maximum atomic E-state index is 11.9. The number of carbonyl (C=O) groups excluding carboxylic acids is 2. The number of hydrogen-bond acceptors (Lipinski definition) is 4. The van der Waals surface area contributed by atoms with Gasteiger partial charge in [0.25, 0.3) is 0 Å². The van der Waals surface area contributed by atoms with Crippen LogP contribution in [0.4, 0.5) is 0 Å². The van der Waals surface area contributed by atoms with E-state index in [1.807, 2.05) is 18.2 Å². The molecular formula is C18H15ClO4. The Morgan fingerprint density at radius 1 is 0.957 bits per heavy atom. The van der Waals surface area contributed by atoms with Crippen molar-refractivity contribution in [2.75, 3.05) is 14.2 Å². The molecule has 0 aliphatic rings. The van der Waals surface area contributed by atoms with Crippen LogP contribution in [0.25, 0.3) is 12.2 Å². The Hall–Kier alpha value is -2.59. The fraction of sp³-hybridized carbons (Fsp3) is 0.111. The molecule has 2 aromatic carbocycles. The van der Waals surface area contributed by atoms with Crippen molar-refractivity contribution in [2.24, 2.45) is 0 Å². The molecule has 0 aliphatic carbocycles. The predicted molar refractivity (Wildman–Crippen MR) is 89.5 cm³/mol. The summed E-state index contributed by atoms with van der Waals surface area (Å²) >= 11 is 5.94. The van der Waals surface area contributed by atoms with Crippen molar-refractivity contribution in [2.45, 2.75) is 0 Å². The smallest absolute Gasteiger partial charge is 0.338 e. The van der Waals surface area contributed by atoms with E-state index in [0.29, 0.717) is 10.6 Å². The third-order valence-electron chi connectivity index (χ3n) is 3.18. The van der Waals surface area contributed by atoms with Crippen LogP contribution in [0, 0.1) is 0 Å². The third-order valence-corrected chi connectivity index (χ3v) is 3.42. The molecule has 0 unspecified atom stereocenters. The van der Waals surface area contributed by atoms with E-state index >= 15 is 0 Å².